The normalized spacial score (nSPS) is 10.8. The van der Waals surface area contributed by atoms with Gasteiger partial charge in [-0.25, -0.2) is 5.84 Å². The Morgan fingerprint density at radius 2 is 2.33 bits per heavy atom. The highest BCUT2D eigenvalue weighted by molar-refractivity contribution is 5.91. The number of nitrogens with zero attached hydrogens (tertiary/aromatic N) is 2. The van der Waals surface area contributed by atoms with Crippen LogP contribution in [0.2, 0.25) is 0 Å². The third kappa shape index (κ3) is 2.34. The lowest BCUT2D eigenvalue weighted by Crippen LogP contribution is -2.30. The van der Waals surface area contributed by atoms with Gasteiger partial charge in [0.1, 0.15) is 5.75 Å². The quantitative estimate of drug-likeness (QED) is 0.428. The molecule has 0 saturated carbocycles. The fourth-order valence-electron chi connectivity index (χ4n) is 2.25. The van der Waals surface area contributed by atoms with Crippen molar-refractivity contribution in [1.82, 2.24) is 15.1 Å². The van der Waals surface area contributed by atoms with E-state index in [4.69, 9.17) is 15.1 Å². The van der Waals surface area contributed by atoms with E-state index in [1.165, 1.54) is 0 Å². The molecule has 7 heteroatoms. The molecule has 108 valence electrons. The number of hydrazine groups is 1. The summed E-state index contributed by atoms with van der Waals surface area (Å²) in [6, 6.07) is 9.35. The predicted octanol–water partition coefficient (Wildman–Crippen LogP) is 1.29. The molecule has 2 aromatic heterocycles. The molecule has 3 aromatic rings. The second-order valence-electron chi connectivity index (χ2n) is 4.49. The van der Waals surface area contributed by atoms with Gasteiger partial charge in [-0.15, -0.1) is 0 Å². The number of fused-ring (bicyclic) bond motifs is 1. The van der Waals surface area contributed by atoms with E-state index < -0.39 is 5.91 Å². The fourth-order valence-corrected chi connectivity index (χ4v) is 2.25. The number of nitrogens with one attached hydrogen (secondary N) is 1. The van der Waals surface area contributed by atoms with E-state index in [9.17, 15) is 4.79 Å². The first-order valence-electron chi connectivity index (χ1n) is 6.31. The van der Waals surface area contributed by atoms with Crippen molar-refractivity contribution >= 4 is 16.8 Å². The summed E-state index contributed by atoms with van der Waals surface area (Å²) in [5, 5.41) is 4.69. The van der Waals surface area contributed by atoms with E-state index in [-0.39, 0.29) is 5.69 Å². The van der Waals surface area contributed by atoms with Crippen LogP contribution in [0.1, 0.15) is 16.2 Å². The van der Waals surface area contributed by atoms with Gasteiger partial charge >= 0.3 is 0 Å². The summed E-state index contributed by atoms with van der Waals surface area (Å²) in [6.45, 7) is 0.460. The van der Waals surface area contributed by atoms with Gasteiger partial charge in [0.15, 0.2) is 11.5 Å². The van der Waals surface area contributed by atoms with Gasteiger partial charge in [0, 0.05) is 17.6 Å². The molecule has 0 atom stereocenters. The lowest BCUT2D eigenvalue weighted by molar-refractivity contribution is 0.0944. The van der Waals surface area contributed by atoms with Gasteiger partial charge in [-0.1, -0.05) is 11.2 Å². The molecule has 21 heavy (non-hydrogen) atoms. The minimum absolute atomic E-state index is 0.154. The number of nitrogen functional groups attached to an aromatic ring is 1. The van der Waals surface area contributed by atoms with Crippen LogP contribution < -0.4 is 16.0 Å². The standard InChI is InChI=1S/C14H14N4O3/c1-20-13-4-2-3-12-10(13)5-6-18(12)8-9-7-11(17-21-9)14(19)16-15/h2-7H,8,15H2,1H3,(H,16,19). The number of benzene rings is 1. The van der Waals surface area contributed by atoms with Gasteiger partial charge in [-0.2, -0.15) is 0 Å². The maximum Gasteiger partial charge on any atom is 0.287 e. The Morgan fingerprint density at radius 1 is 1.48 bits per heavy atom. The number of carbonyl (C=O) groups excluding carboxylic acids is 1. The van der Waals surface area contributed by atoms with Crippen LogP contribution in [0, 0.1) is 0 Å². The molecule has 0 bridgehead atoms. The Kier molecular flexibility index (Phi) is 3.33. The third-order valence-electron chi connectivity index (χ3n) is 3.24. The van der Waals surface area contributed by atoms with Crippen LogP contribution in [0.25, 0.3) is 10.9 Å². The van der Waals surface area contributed by atoms with E-state index >= 15 is 0 Å². The maximum absolute atomic E-state index is 11.3. The highest BCUT2D eigenvalue weighted by Gasteiger charge is 2.13. The average Bonchev–Trinajstić information content (AvgIpc) is 3.14. The molecule has 3 rings (SSSR count). The van der Waals surface area contributed by atoms with Gasteiger partial charge in [0.2, 0.25) is 0 Å². The van der Waals surface area contributed by atoms with Crippen molar-refractivity contribution in [2.75, 3.05) is 7.11 Å². The Morgan fingerprint density at radius 3 is 3.10 bits per heavy atom. The molecule has 0 aliphatic carbocycles. The number of carbonyl (C=O) groups is 1. The highest BCUT2D eigenvalue weighted by atomic mass is 16.5. The molecule has 1 aromatic carbocycles. The van der Waals surface area contributed by atoms with Crippen LogP contribution in [-0.2, 0) is 6.54 Å². The van der Waals surface area contributed by atoms with Crippen LogP contribution in [0.5, 0.6) is 5.75 Å². The SMILES string of the molecule is COc1cccc2c1ccn2Cc1cc(C(=O)NN)no1. The van der Waals surface area contributed by atoms with E-state index in [0.29, 0.717) is 12.3 Å². The summed E-state index contributed by atoms with van der Waals surface area (Å²) in [7, 11) is 1.64. The van der Waals surface area contributed by atoms with Crippen molar-refractivity contribution in [2.45, 2.75) is 6.54 Å². The number of methoxy groups -OCH3 is 1. The molecule has 0 fully saturated rings. The number of amides is 1. The summed E-state index contributed by atoms with van der Waals surface area (Å²) in [5.41, 5.74) is 3.18. The molecule has 7 nitrogen and oxygen atoms in total. The lowest BCUT2D eigenvalue weighted by atomic mass is 10.2. The van der Waals surface area contributed by atoms with Crippen molar-refractivity contribution in [1.29, 1.82) is 0 Å². The Bertz CT molecular complexity index is 790. The minimum atomic E-state index is -0.482. The molecule has 1 amide bonds. The van der Waals surface area contributed by atoms with E-state index in [0.717, 1.165) is 16.7 Å². The van der Waals surface area contributed by atoms with Gasteiger partial charge in [0.05, 0.1) is 19.2 Å². The molecular weight excluding hydrogens is 272 g/mol. The fraction of sp³-hybridized carbons (Fsp3) is 0.143. The largest absolute Gasteiger partial charge is 0.496 e. The maximum atomic E-state index is 11.3. The van der Waals surface area contributed by atoms with Crippen LogP contribution in [-0.4, -0.2) is 22.7 Å². The average molecular weight is 286 g/mol. The molecule has 2 heterocycles. The van der Waals surface area contributed by atoms with Crippen molar-refractivity contribution in [2.24, 2.45) is 5.84 Å². The molecule has 0 aliphatic rings. The van der Waals surface area contributed by atoms with Crippen molar-refractivity contribution in [3.05, 3.63) is 48.0 Å². The summed E-state index contributed by atoms with van der Waals surface area (Å²) in [6.07, 6.45) is 1.93. The second kappa shape index (κ2) is 5.29. The Hall–Kier alpha value is -2.80. The topological polar surface area (TPSA) is 95.3 Å². The van der Waals surface area contributed by atoms with Crippen LogP contribution >= 0.6 is 0 Å². The highest BCUT2D eigenvalue weighted by Crippen LogP contribution is 2.26. The summed E-state index contributed by atoms with van der Waals surface area (Å²) >= 11 is 0. The van der Waals surface area contributed by atoms with Crippen molar-refractivity contribution in [3.8, 4) is 5.75 Å². The summed E-state index contributed by atoms with van der Waals surface area (Å²) in [5.74, 6) is 5.95. The number of aromatic nitrogens is 2. The number of hydrogen-bond acceptors (Lipinski definition) is 5. The first-order chi connectivity index (χ1) is 10.2. The van der Waals surface area contributed by atoms with Crippen LogP contribution in [0.3, 0.4) is 0 Å². The Labute approximate surface area is 120 Å². The number of hydrogen-bond donors (Lipinski definition) is 2. The lowest BCUT2D eigenvalue weighted by Gasteiger charge is -2.04. The third-order valence-corrected chi connectivity index (χ3v) is 3.24. The van der Waals surface area contributed by atoms with Crippen molar-refractivity contribution in [3.63, 3.8) is 0 Å². The zero-order chi connectivity index (χ0) is 14.8. The van der Waals surface area contributed by atoms with Crippen molar-refractivity contribution < 1.29 is 14.1 Å². The Balaban J connectivity index is 1.92. The zero-order valence-corrected chi connectivity index (χ0v) is 11.4. The monoisotopic (exact) mass is 286 g/mol. The number of ether oxygens (including phenoxy) is 1. The smallest absolute Gasteiger partial charge is 0.287 e. The molecule has 0 unspecified atom stereocenters. The van der Waals surface area contributed by atoms with E-state index in [1.807, 2.05) is 40.5 Å². The minimum Gasteiger partial charge on any atom is -0.496 e. The van der Waals surface area contributed by atoms with Gasteiger partial charge in [-0.3, -0.25) is 10.2 Å². The summed E-state index contributed by atoms with van der Waals surface area (Å²) < 4.78 is 12.5. The van der Waals surface area contributed by atoms with E-state index in [1.54, 1.807) is 13.2 Å². The van der Waals surface area contributed by atoms with Gasteiger partial charge in [-0.05, 0) is 18.2 Å². The molecule has 0 spiro atoms. The predicted molar refractivity (Wildman–Crippen MR) is 75.7 cm³/mol. The zero-order valence-electron chi connectivity index (χ0n) is 11.4. The number of nitrogens with two attached hydrogens (primary N) is 1. The second-order valence-corrected chi connectivity index (χ2v) is 4.49. The first kappa shape index (κ1) is 13.2. The van der Waals surface area contributed by atoms with Gasteiger partial charge < -0.3 is 13.8 Å². The number of rotatable bonds is 4. The van der Waals surface area contributed by atoms with Crippen LogP contribution in [0.15, 0.2) is 41.1 Å². The summed E-state index contributed by atoms with van der Waals surface area (Å²) in [4.78, 5) is 11.3. The first-order valence-corrected chi connectivity index (χ1v) is 6.31. The van der Waals surface area contributed by atoms with Gasteiger partial charge in [0.25, 0.3) is 5.91 Å². The molecule has 0 radical (unpaired) electrons. The van der Waals surface area contributed by atoms with Crippen LogP contribution in [0.4, 0.5) is 0 Å². The molecule has 0 saturated heterocycles. The molecular formula is C14H14N4O3. The van der Waals surface area contributed by atoms with E-state index in [2.05, 4.69) is 5.16 Å². The molecule has 0 aliphatic heterocycles. The molecule has 3 N–H and O–H groups in total.